The first-order valence-electron chi connectivity index (χ1n) is 7.14. The van der Waals surface area contributed by atoms with Crippen molar-refractivity contribution < 1.29 is 4.74 Å². The number of aryl methyl sites for hydroxylation is 1. The fourth-order valence-corrected chi connectivity index (χ4v) is 2.16. The molecule has 0 aliphatic heterocycles. The van der Waals surface area contributed by atoms with Crippen molar-refractivity contribution in [3.8, 4) is 5.75 Å². The number of aromatic nitrogens is 2. The minimum atomic E-state index is 0.156. The molecule has 2 unspecified atom stereocenters. The smallest absolute Gasteiger partial charge is 0.160 e. The van der Waals surface area contributed by atoms with Crippen LogP contribution in [0.4, 0.5) is 0 Å². The van der Waals surface area contributed by atoms with Crippen molar-refractivity contribution in [2.24, 2.45) is 5.92 Å². The summed E-state index contributed by atoms with van der Waals surface area (Å²) in [5.41, 5.74) is 1.36. The summed E-state index contributed by atoms with van der Waals surface area (Å²) in [7, 11) is 1.71. The second-order valence-corrected chi connectivity index (χ2v) is 6.31. The van der Waals surface area contributed by atoms with E-state index >= 15 is 0 Å². The van der Waals surface area contributed by atoms with Crippen molar-refractivity contribution in [1.29, 1.82) is 0 Å². The molecule has 0 spiro atoms. The van der Waals surface area contributed by atoms with E-state index in [-0.39, 0.29) is 5.54 Å². The molecular weight excluding hydrogens is 238 g/mol. The molecule has 0 bridgehead atoms. The zero-order chi connectivity index (χ0) is 14.6. The summed E-state index contributed by atoms with van der Waals surface area (Å²) in [5.74, 6) is 1.83. The number of hydrogen-bond donors (Lipinski definition) is 1. The minimum absolute atomic E-state index is 0.156. The second kappa shape index (κ2) is 6.42. The van der Waals surface area contributed by atoms with E-state index in [4.69, 9.17) is 4.74 Å². The maximum absolute atomic E-state index is 5.44. The zero-order valence-corrected chi connectivity index (χ0v) is 13.4. The maximum Gasteiger partial charge on any atom is 0.160 e. The van der Waals surface area contributed by atoms with Gasteiger partial charge in [0.15, 0.2) is 5.75 Å². The highest BCUT2D eigenvalue weighted by Gasteiger charge is 2.23. The molecule has 0 fully saturated rings. The summed E-state index contributed by atoms with van der Waals surface area (Å²) >= 11 is 0. The van der Waals surface area contributed by atoms with Gasteiger partial charge >= 0.3 is 0 Å². The standard InChI is InChI=1S/C15H29N3O/c1-8-18-14(13(19-7)10-17-18)12(3)11(2)9-16-15(4,5)6/h10-12,16H,8-9H2,1-7H3. The average molecular weight is 267 g/mol. The third kappa shape index (κ3) is 4.23. The van der Waals surface area contributed by atoms with Gasteiger partial charge in [0.05, 0.1) is 19.0 Å². The van der Waals surface area contributed by atoms with Gasteiger partial charge in [-0.05, 0) is 40.2 Å². The van der Waals surface area contributed by atoms with Gasteiger partial charge in [-0.3, -0.25) is 4.68 Å². The predicted octanol–water partition coefficient (Wildman–Crippen LogP) is 3.04. The van der Waals surface area contributed by atoms with E-state index in [2.05, 4.69) is 52.0 Å². The van der Waals surface area contributed by atoms with Crippen LogP contribution in [0.5, 0.6) is 5.75 Å². The molecule has 1 aromatic heterocycles. The van der Waals surface area contributed by atoms with Crippen molar-refractivity contribution in [1.82, 2.24) is 15.1 Å². The summed E-state index contributed by atoms with van der Waals surface area (Å²) in [6.07, 6.45) is 1.82. The van der Waals surface area contributed by atoms with E-state index in [0.29, 0.717) is 11.8 Å². The molecule has 0 radical (unpaired) electrons. The molecular formula is C15H29N3O. The van der Waals surface area contributed by atoms with Crippen LogP contribution >= 0.6 is 0 Å². The first-order chi connectivity index (χ1) is 8.80. The molecule has 1 aromatic rings. The lowest BCUT2D eigenvalue weighted by atomic mass is 9.91. The number of hydrogen-bond acceptors (Lipinski definition) is 3. The highest BCUT2D eigenvalue weighted by atomic mass is 16.5. The fraction of sp³-hybridized carbons (Fsp3) is 0.800. The molecule has 1 heterocycles. The molecule has 1 rings (SSSR count). The summed E-state index contributed by atoms with van der Waals surface area (Å²) in [6, 6.07) is 0. The lowest BCUT2D eigenvalue weighted by molar-refractivity contribution is 0.341. The normalized spacial score (nSPS) is 15.3. The van der Waals surface area contributed by atoms with E-state index in [1.165, 1.54) is 5.69 Å². The van der Waals surface area contributed by atoms with Crippen LogP contribution in [0.1, 0.15) is 53.2 Å². The van der Waals surface area contributed by atoms with Gasteiger partial charge in [0.2, 0.25) is 0 Å². The number of rotatable bonds is 6. The molecule has 4 heteroatoms. The number of nitrogens with one attached hydrogen (secondary N) is 1. The van der Waals surface area contributed by atoms with Gasteiger partial charge in [-0.25, -0.2) is 0 Å². The summed E-state index contributed by atoms with van der Waals surface area (Å²) < 4.78 is 7.48. The Kier molecular flexibility index (Phi) is 5.41. The van der Waals surface area contributed by atoms with Crippen molar-refractivity contribution in [3.63, 3.8) is 0 Å². The Hall–Kier alpha value is -1.03. The Bertz CT molecular complexity index is 371. The van der Waals surface area contributed by atoms with E-state index in [9.17, 15) is 0 Å². The van der Waals surface area contributed by atoms with Gasteiger partial charge in [0.25, 0.3) is 0 Å². The topological polar surface area (TPSA) is 39.1 Å². The van der Waals surface area contributed by atoms with Crippen molar-refractivity contribution in [2.45, 2.75) is 59.5 Å². The maximum atomic E-state index is 5.44. The van der Waals surface area contributed by atoms with Crippen molar-refractivity contribution in [3.05, 3.63) is 11.9 Å². The van der Waals surface area contributed by atoms with E-state index in [1.54, 1.807) is 7.11 Å². The molecule has 0 aromatic carbocycles. The summed E-state index contributed by atoms with van der Waals surface area (Å²) in [5, 5.41) is 7.96. The van der Waals surface area contributed by atoms with Gasteiger partial charge in [0.1, 0.15) is 0 Å². The molecule has 0 aliphatic carbocycles. The molecule has 0 aliphatic rings. The minimum Gasteiger partial charge on any atom is -0.493 e. The second-order valence-electron chi connectivity index (χ2n) is 6.31. The molecule has 0 saturated heterocycles. The fourth-order valence-electron chi connectivity index (χ4n) is 2.16. The Labute approximate surface area is 117 Å². The number of methoxy groups -OCH3 is 1. The van der Waals surface area contributed by atoms with E-state index in [0.717, 1.165) is 18.8 Å². The average Bonchev–Trinajstić information content (AvgIpc) is 2.76. The van der Waals surface area contributed by atoms with Gasteiger partial charge in [-0.1, -0.05) is 13.8 Å². The third-order valence-electron chi connectivity index (χ3n) is 3.60. The Balaban J connectivity index is 2.81. The Morgan fingerprint density at radius 2 is 2.00 bits per heavy atom. The van der Waals surface area contributed by atoms with Crippen LogP contribution in [0.25, 0.3) is 0 Å². The summed E-state index contributed by atoms with van der Waals surface area (Å²) in [6.45, 7) is 15.1. The van der Waals surface area contributed by atoms with Gasteiger partial charge < -0.3 is 10.1 Å². The molecule has 110 valence electrons. The first kappa shape index (κ1) is 16.0. The SMILES string of the molecule is CCn1ncc(OC)c1C(C)C(C)CNC(C)(C)C. The molecule has 19 heavy (non-hydrogen) atoms. The van der Waals surface area contributed by atoms with Gasteiger partial charge in [0, 0.05) is 18.0 Å². The monoisotopic (exact) mass is 267 g/mol. The van der Waals surface area contributed by atoms with Crippen LogP contribution in [-0.4, -0.2) is 29.0 Å². The predicted molar refractivity (Wildman–Crippen MR) is 79.8 cm³/mol. The Morgan fingerprint density at radius 1 is 1.37 bits per heavy atom. The lowest BCUT2D eigenvalue weighted by Gasteiger charge is -2.27. The van der Waals surface area contributed by atoms with Crippen LogP contribution < -0.4 is 10.1 Å². The lowest BCUT2D eigenvalue weighted by Crippen LogP contribution is -2.39. The first-order valence-corrected chi connectivity index (χ1v) is 7.14. The van der Waals surface area contributed by atoms with Crippen LogP contribution in [-0.2, 0) is 6.54 Å². The van der Waals surface area contributed by atoms with Crippen LogP contribution in [0, 0.1) is 5.92 Å². The van der Waals surface area contributed by atoms with E-state index < -0.39 is 0 Å². The quantitative estimate of drug-likeness (QED) is 0.861. The van der Waals surface area contributed by atoms with Crippen LogP contribution in [0.2, 0.25) is 0 Å². The van der Waals surface area contributed by atoms with Crippen LogP contribution in [0.15, 0.2) is 6.20 Å². The highest BCUT2D eigenvalue weighted by molar-refractivity contribution is 5.28. The molecule has 2 atom stereocenters. The summed E-state index contributed by atoms with van der Waals surface area (Å²) in [4.78, 5) is 0. The van der Waals surface area contributed by atoms with Gasteiger partial charge in [-0.2, -0.15) is 5.10 Å². The van der Waals surface area contributed by atoms with Crippen molar-refractivity contribution in [2.75, 3.05) is 13.7 Å². The highest BCUT2D eigenvalue weighted by Crippen LogP contribution is 2.31. The molecule has 0 saturated carbocycles. The molecule has 1 N–H and O–H groups in total. The number of nitrogens with zero attached hydrogens (tertiary/aromatic N) is 2. The van der Waals surface area contributed by atoms with Crippen LogP contribution in [0.3, 0.4) is 0 Å². The molecule has 0 amide bonds. The molecule has 4 nitrogen and oxygen atoms in total. The third-order valence-corrected chi connectivity index (χ3v) is 3.60. The number of ether oxygens (including phenoxy) is 1. The van der Waals surface area contributed by atoms with E-state index in [1.807, 2.05) is 10.9 Å². The van der Waals surface area contributed by atoms with Crippen molar-refractivity contribution >= 4 is 0 Å². The van der Waals surface area contributed by atoms with Gasteiger partial charge in [-0.15, -0.1) is 0 Å². The largest absolute Gasteiger partial charge is 0.493 e. The Morgan fingerprint density at radius 3 is 2.47 bits per heavy atom. The zero-order valence-electron chi connectivity index (χ0n) is 13.4.